The van der Waals surface area contributed by atoms with Crippen molar-refractivity contribution in [2.45, 2.75) is 0 Å². The van der Waals surface area contributed by atoms with Crippen LogP contribution in [0.3, 0.4) is 0 Å². The molecule has 1 aromatic carbocycles. The lowest BCUT2D eigenvalue weighted by atomic mass is 10.2. The van der Waals surface area contributed by atoms with Crippen molar-refractivity contribution in [1.82, 2.24) is 0 Å². The highest BCUT2D eigenvalue weighted by molar-refractivity contribution is 5.81. The maximum Gasteiger partial charge on any atom is 0.169 e. The van der Waals surface area contributed by atoms with Crippen LogP contribution in [0.25, 0.3) is 22.3 Å². The Kier molecular flexibility index (Phi) is 2.11. The number of rotatable bonds is 0. The molecule has 1 aromatic rings. The SMILES string of the molecule is c1coc2ccc3ccccc3coc-2c1. The molecule has 0 aliphatic carbocycles. The highest BCUT2D eigenvalue weighted by Gasteiger charge is 2.01. The molecule has 0 spiro atoms. The summed E-state index contributed by atoms with van der Waals surface area (Å²) in [4.78, 5) is 0. The van der Waals surface area contributed by atoms with Crippen molar-refractivity contribution in [2.75, 3.05) is 0 Å². The molecule has 2 nitrogen and oxygen atoms in total. The van der Waals surface area contributed by atoms with Crippen LogP contribution in [0, 0.1) is 0 Å². The molecule has 0 fully saturated rings. The summed E-state index contributed by atoms with van der Waals surface area (Å²) in [5, 5.41) is 2.18. The molecule has 2 aliphatic rings. The summed E-state index contributed by atoms with van der Waals surface area (Å²) in [6.45, 7) is 0. The molecule has 0 radical (unpaired) electrons. The smallest absolute Gasteiger partial charge is 0.169 e. The number of hydrogen-bond donors (Lipinski definition) is 0. The van der Waals surface area contributed by atoms with Gasteiger partial charge in [-0.1, -0.05) is 30.3 Å². The molecule has 16 heavy (non-hydrogen) atoms. The van der Waals surface area contributed by atoms with E-state index in [1.165, 1.54) is 0 Å². The standard InChI is InChI=1S/C14H10O2/c1-2-5-12-10-16-13-6-3-9-15-14(13)8-7-11(12)4-1/h1-10H. The van der Waals surface area contributed by atoms with E-state index in [9.17, 15) is 0 Å². The van der Waals surface area contributed by atoms with Crippen molar-refractivity contribution < 1.29 is 8.83 Å². The fourth-order valence-electron chi connectivity index (χ4n) is 1.66. The third-order valence-electron chi connectivity index (χ3n) is 2.49. The minimum absolute atomic E-state index is 0.730. The Balaban J connectivity index is 2.41. The normalized spacial score (nSPS) is 10.5. The summed E-state index contributed by atoms with van der Waals surface area (Å²) in [6.07, 6.45) is 3.38. The molecule has 0 saturated heterocycles. The first kappa shape index (κ1) is 9.04. The van der Waals surface area contributed by atoms with Crippen molar-refractivity contribution in [3.8, 4) is 11.5 Å². The predicted octanol–water partition coefficient (Wildman–Crippen LogP) is 4.26. The molecule has 0 bridgehead atoms. The molecule has 0 unspecified atom stereocenters. The summed E-state index contributed by atoms with van der Waals surface area (Å²) in [7, 11) is 0. The van der Waals surface area contributed by atoms with Crippen LogP contribution in [0.4, 0.5) is 0 Å². The molecule has 78 valence electrons. The zero-order valence-corrected chi connectivity index (χ0v) is 8.59. The van der Waals surface area contributed by atoms with Crippen LogP contribution in [-0.2, 0) is 0 Å². The molecule has 0 aromatic heterocycles. The minimum Gasteiger partial charge on any atom is -0.461 e. The van der Waals surface area contributed by atoms with E-state index in [2.05, 4.69) is 0 Å². The predicted molar refractivity (Wildman–Crippen MR) is 62.7 cm³/mol. The second-order valence-electron chi connectivity index (χ2n) is 3.54. The molecular formula is C14H10O2. The van der Waals surface area contributed by atoms with Crippen molar-refractivity contribution in [3.05, 3.63) is 61.1 Å². The quantitative estimate of drug-likeness (QED) is 0.554. The zero-order valence-electron chi connectivity index (χ0n) is 8.59. The van der Waals surface area contributed by atoms with Crippen LogP contribution in [0.2, 0.25) is 0 Å². The van der Waals surface area contributed by atoms with Gasteiger partial charge in [0, 0.05) is 5.39 Å². The molecule has 2 aliphatic heterocycles. The molecule has 2 heteroatoms. The molecule has 0 atom stereocenters. The topological polar surface area (TPSA) is 26.3 Å². The molecule has 0 N–H and O–H groups in total. The van der Waals surface area contributed by atoms with Gasteiger partial charge in [0.05, 0.1) is 12.5 Å². The van der Waals surface area contributed by atoms with Crippen molar-refractivity contribution >= 4 is 10.8 Å². The Labute approximate surface area is 92.8 Å². The van der Waals surface area contributed by atoms with E-state index >= 15 is 0 Å². The number of hydrogen-bond acceptors (Lipinski definition) is 2. The third-order valence-corrected chi connectivity index (χ3v) is 2.49. The second-order valence-corrected chi connectivity index (χ2v) is 3.54. The van der Waals surface area contributed by atoms with Gasteiger partial charge < -0.3 is 8.83 Å². The van der Waals surface area contributed by atoms with Gasteiger partial charge in [0.15, 0.2) is 11.5 Å². The van der Waals surface area contributed by atoms with E-state index in [-0.39, 0.29) is 0 Å². The van der Waals surface area contributed by atoms with E-state index in [0.29, 0.717) is 0 Å². The Morgan fingerprint density at radius 1 is 0.625 bits per heavy atom. The van der Waals surface area contributed by atoms with E-state index in [1.807, 2.05) is 48.5 Å². The van der Waals surface area contributed by atoms with Gasteiger partial charge in [-0.05, 0) is 23.6 Å². The second kappa shape index (κ2) is 3.74. The van der Waals surface area contributed by atoms with Gasteiger partial charge in [0.1, 0.15) is 0 Å². The highest BCUT2D eigenvalue weighted by Crippen LogP contribution is 2.21. The maximum atomic E-state index is 5.58. The van der Waals surface area contributed by atoms with Crippen LogP contribution in [-0.4, -0.2) is 0 Å². The Morgan fingerprint density at radius 3 is 2.38 bits per heavy atom. The van der Waals surface area contributed by atoms with Crippen LogP contribution < -0.4 is 0 Å². The lowest BCUT2D eigenvalue weighted by Crippen LogP contribution is -1.76. The Morgan fingerprint density at radius 2 is 1.44 bits per heavy atom. The first-order chi connectivity index (χ1) is 7.93. The highest BCUT2D eigenvalue weighted by atomic mass is 16.4. The van der Waals surface area contributed by atoms with Gasteiger partial charge in [-0.2, -0.15) is 0 Å². The fraction of sp³-hybridized carbons (Fsp3) is 0. The Hall–Kier alpha value is -2.22. The number of benzene rings is 1. The van der Waals surface area contributed by atoms with Crippen LogP contribution in [0.1, 0.15) is 0 Å². The summed E-state index contributed by atoms with van der Waals surface area (Å²) < 4.78 is 11.0. The van der Waals surface area contributed by atoms with Gasteiger partial charge in [0.2, 0.25) is 0 Å². The number of fused-ring (bicyclic) bond motifs is 2. The lowest BCUT2D eigenvalue weighted by molar-refractivity contribution is 0.505. The van der Waals surface area contributed by atoms with E-state index in [1.54, 1.807) is 12.5 Å². The largest absolute Gasteiger partial charge is 0.461 e. The van der Waals surface area contributed by atoms with E-state index in [4.69, 9.17) is 8.83 Å². The van der Waals surface area contributed by atoms with Crippen LogP contribution in [0.15, 0.2) is 69.9 Å². The molecule has 0 amide bonds. The maximum absolute atomic E-state index is 5.58. The van der Waals surface area contributed by atoms with Gasteiger partial charge in [-0.25, -0.2) is 0 Å². The summed E-state index contributed by atoms with van der Waals surface area (Å²) >= 11 is 0. The lowest BCUT2D eigenvalue weighted by Gasteiger charge is -2.00. The van der Waals surface area contributed by atoms with Crippen molar-refractivity contribution in [2.24, 2.45) is 0 Å². The average molecular weight is 210 g/mol. The summed E-state index contributed by atoms with van der Waals surface area (Å²) in [5.74, 6) is 1.46. The molecule has 3 rings (SSSR count). The zero-order chi connectivity index (χ0) is 10.8. The average Bonchev–Trinajstić information content (AvgIpc) is 2.32. The Bertz CT molecular complexity index is 575. The van der Waals surface area contributed by atoms with Crippen LogP contribution in [0.5, 0.6) is 0 Å². The van der Waals surface area contributed by atoms with Crippen molar-refractivity contribution in [1.29, 1.82) is 0 Å². The van der Waals surface area contributed by atoms with Gasteiger partial charge in [-0.15, -0.1) is 0 Å². The first-order valence-corrected chi connectivity index (χ1v) is 5.11. The van der Waals surface area contributed by atoms with E-state index < -0.39 is 0 Å². The fourth-order valence-corrected chi connectivity index (χ4v) is 1.66. The molecule has 2 heterocycles. The monoisotopic (exact) mass is 210 g/mol. The third kappa shape index (κ3) is 1.54. The molecular weight excluding hydrogens is 200 g/mol. The van der Waals surface area contributed by atoms with Gasteiger partial charge in [-0.3, -0.25) is 0 Å². The molecule has 0 saturated carbocycles. The van der Waals surface area contributed by atoms with Gasteiger partial charge >= 0.3 is 0 Å². The first-order valence-electron chi connectivity index (χ1n) is 5.11. The minimum atomic E-state index is 0.730. The van der Waals surface area contributed by atoms with Crippen molar-refractivity contribution in [3.63, 3.8) is 0 Å². The van der Waals surface area contributed by atoms with Gasteiger partial charge in [0.25, 0.3) is 0 Å². The summed E-state index contributed by atoms with van der Waals surface area (Å²) in [5.41, 5.74) is 0. The van der Waals surface area contributed by atoms with E-state index in [0.717, 1.165) is 22.3 Å². The summed E-state index contributed by atoms with van der Waals surface area (Å²) in [6, 6.07) is 15.7. The van der Waals surface area contributed by atoms with Crippen LogP contribution >= 0.6 is 0 Å².